The maximum atomic E-state index is 11.3. The molecule has 3 aliphatic carbocycles. The van der Waals surface area contributed by atoms with Crippen molar-refractivity contribution in [3.63, 3.8) is 0 Å². The molecule has 1 N–H and O–H groups in total. The van der Waals surface area contributed by atoms with E-state index in [2.05, 4.69) is 29.6 Å². The van der Waals surface area contributed by atoms with Gasteiger partial charge in [0.05, 0.1) is 15.9 Å². The van der Waals surface area contributed by atoms with Gasteiger partial charge in [0.25, 0.3) is 5.69 Å². The minimum Gasteiger partial charge on any atom is -0.272 e. The topological polar surface area (TPSA) is 111 Å². The number of nitro groups is 2. The summed E-state index contributed by atoms with van der Waals surface area (Å²) in [7, 11) is 0. The van der Waals surface area contributed by atoms with Crippen LogP contribution in [0.5, 0.6) is 0 Å². The fourth-order valence-electron chi connectivity index (χ4n) is 5.01. The number of hydrazone groups is 1. The number of fused-ring (bicyclic) bond motifs is 5. The number of hydrogen-bond donors (Lipinski definition) is 1. The lowest BCUT2D eigenvalue weighted by Crippen LogP contribution is -2.27. The van der Waals surface area contributed by atoms with Crippen LogP contribution >= 0.6 is 0 Å². The van der Waals surface area contributed by atoms with E-state index in [9.17, 15) is 20.2 Å². The van der Waals surface area contributed by atoms with Crippen LogP contribution in [-0.2, 0) is 0 Å². The van der Waals surface area contributed by atoms with E-state index >= 15 is 0 Å². The predicted octanol–water partition coefficient (Wildman–Crippen LogP) is 4.28. The lowest BCUT2D eigenvalue weighted by atomic mass is 9.73. The summed E-state index contributed by atoms with van der Waals surface area (Å²) in [6.45, 7) is 2.35. The van der Waals surface area contributed by atoms with Gasteiger partial charge in [-0.1, -0.05) is 19.1 Å². The molecule has 3 aliphatic rings. The van der Waals surface area contributed by atoms with Crippen LogP contribution in [0.15, 0.2) is 35.5 Å². The lowest BCUT2D eigenvalue weighted by molar-refractivity contribution is -0.393. The Balaban J connectivity index is 1.59. The van der Waals surface area contributed by atoms with Gasteiger partial charge in [0.2, 0.25) is 0 Å². The maximum Gasteiger partial charge on any atom is 0.301 e. The molecule has 2 saturated carbocycles. The number of nitro benzene ring substituents is 2. The maximum absolute atomic E-state index is 11.3. The van der Waals surface area contributed by atoms with Crippen LogP contribution < -0.4 is 5.43 Å². The Hall–Kier alpha value is -2.77. The SMILES string of the molecule is C[C@]12CC/C(=N\Nc3ccc([N+](=O)[O-])cc3[N+](=O)[O-])[C@@H](C1)[C@@H]1CC=C[C@H]12. The Kier molecular flexibility index (Phi) is 3.78. The Morgan fingerprint density at radius 1 is 1.27 bits per heavy atom. The molecule has 8 heteroatoms. The third-order valence-electron chi connectivity index (χ3n) is 6.31. The molecule has 8 nitrogen and oxygen atoms in total. The second kappa shape index (κ2) is 5.89. The van der Waals surface area contributed by atoms with Gasteiger partial charge in [-0.2, -0.15) is 5.10 Å². The number of nitrogens with one attached hydrogen (secondary N) is 1. The quantitative estimate of drug-likeness (QED) is 0.491. The van der Waals surface area contributed by atoms with Crippen molar-refractivity contribution in [2.24, 2.45) is 28.3 Å². The summed E-state index contributed by atoms with van der Waals surface area (Å²) >= 11 is 0. The fraction of sp³-hybridized carbons (Fsp3) is 0.500. The summed E-state index contributed by atoms with van der Waals surface area (Å²) in [5.41, 5.74) is 3.74. The highest BCUT2D eigenvalue weighted by molar-refractivity contribution is 5.89. The zero-order valence-corrected chi connectivity index (χ0v) is 14.4. The molecule has 0 saturated heterocycles. The zero-order valence-electron chi connectivity index (χ0n) is 14.4. The average Bonchev–Trinajstić information content (AvgIpc) is 3.17. The van der Waals surface area contributed by atoms with Crippen molar-refractivity contribution in [2.45, 2.75) is 32.6 Å². The standard InChI is InChI=1S/C18H20N4O4/c1-18-8-7-15(13(10-18)12-3-2-4-14(12)18)19-20-16-6-5-11(21(23)24)9-17(16)22(25)26/h2,4-6,9,12-14,20H,3,7-8,10H2,1H3/b19-15+/t12-,13-,14+,18-/m0/s1. The van der Waals surface area contributed by atoms with Crippen molar-refractivity contribution in [3.8, 4) is 0 Å². The number of anilines is 1. The molecule has 0 heterocycles. The highest BCUT2D eigenvalue weighted by atomic mass is 16.6. The van der Waals surface area contributed by atoms with Crippen LogP contribution in [-0.4, -0.2) is 15.6 Å². The van der Waals surface area contributed by atoms with Crippen LogP contribution in [0.25, 0.3) is 0 Å². The van der Waals surface area contributed by atoms with Gasteiger partial charge < -0.3 is 0 Å². The number of rotatable bonds is 4. The summed E-state index contributed by atoms with van der Waals surface area (Å²) in [6.07, 6.45) is 8.74. The van der Waals surface area contributed by atoms with E-state index in [1.807, 2.05) is 0 Å². The Bertz CT molecular complexity index is 850. The number of benzene rings is 1. The summed E-state index contributed by atoms with van der Waals surface area (Å²) in [5, 5.41) is 26.6. The van der Waals surface area contributed by atoms with E-state index in [1.165, 1.54) is 12.1 Å². The number of hydrogen-bond acceptors (Lipinski definition) is 6. The van der Waals surface area contributed by atoms with Gasteiger partial charge in [0, 0.05) is 17.7 Å². The number of allylic oxidation sites excluding steroid dienone is 2. The van der Waals surface area contributed by atoms with Gasteiger partial charge in [0.15, 0.2) is 0 Å². The monoisotopic (exact) mass is 356 g/mol. The summed E-state index contributed by atoms with van der Waals surface area (Å²) in [4.78, 5) is 20.8. The molecule has 0 aromatic heterocycles. The third-order valence-corrected chi connectivity index (χ3v) is 6.31. The summed E-state index contributed by atoms with van der Waals surface area (Å²) in [6, 6.07) is 3.56. The molecule has 136 valence electrons. The molecule has 0 spiro atoms. The molecule has 0 aliphatic heterocycles. The first-order chi connectivity index (χ1) is 12.4. The van der Waals surface area contributed by atoms with E-state index < -0.39 is 9.85 Å². The summed E-state index contributed by atoms with van der Waals surface area (Å²) < 4.78 is 0. The van der Waals surface area contributed by atoms with Gasteiger partial charge in [-0.25, -0.2) is 0 Å². The molecule has 1 aromatic carbocycles. The van der Waals surface area contributed by atoms with Crippen molar-refractivity contribution in [2.75, 3.05) is 5.43 Å². The van der Waals surface area contributed by atoms with Crippen molar-refractivity contribution < 1.29 is 9.85 Å². The normalized spacial score (nSPS) is 33.3. The van der Waals surface area contributed by atoms with Crippen molar-refractivity contribution in [1.82, 2.24) is 0 Å². The molecule has 2 bridgehead atoms. The second-order valence-corrected chi connectivity index (χ2v) is 7.75. The van der Waals surface area contributed by atoms with E-state index in [4.69, 9.17) is 0 Å². The van der Waals surface area contributed by atoms with Gasteiger partial charge in [-0.05, 0) is 49.0 Å². The average molecular weight is 356 g/mol. The molecular formula is C18H20N4O4. The van der Waals surface area contributed by atoms with E-state index in [0.717, 1.165) is 37.5 Å². The third kappa shape index (κ3) is 2.56. The highest BCUT2D eigenvalue weighted by Gasteiger charge is 2.54. The predicted molar refractivity (Wildman–Crippen MR) is 97.0 cm³/mol. The first kappa shape index (κ1) is 16.7. The Labute approximate surface area is 150 Å². The molecule has 0 amide bonds. The van der Waals surface area contributed by atoms with E-state index in [-0.39, 0.29) is 17.1 Å². The fourth-order valence-corrected chi connectivity index (χ4v) is 5.01. The zero-order chi connectivity index (χ0) is 18.5. The molecule has 4 rings (SSSR count). The molecule has 2 fully saturated rings. The minimum absolute atomic E-state index is 0.181. The van der Waals surface area contributed by atoms with Crippen molar-refractivity contribution in [3.05, 3.63) is 50.6 Å². The molecular weight excluding hydrogens is 336 g/mol. The Morgan fingerprint density at radius 2 is 2.08 bits per heavy atom. The van der Waals surface area contributed by atoms with Crippen LogP contribution in [0.4, 0.5) is 17.1 Å². The number of non-ortho nitro benzene ring substituents is 1. The second-order valence-electron chi connectivity index (χ2n) is 7.75. The first-order valence-corrected chi connectivity index (χ1v) is 8.81. The van der Waals surface area contributed by atoms with Crippen molar-refractivity contribution >= 4 is 22.8 Å². The Morgan fingerprint density at radius 3 is 2.81 bits per heavy atom. The van der Waals surface area contributed by atoms with Gasteiger partial charge in [-0.15, -0.1) is 0 Å². The smallest absolute Gasteiger partial charge is 0.272 e. The van der Waals surface area contributed by atoms with Crippen LogP contribution in [0.3, 0.4) is 0 Å². The van der Waals surface area contributed by atoms with Crippen LogP contribution in [0, 0.1) is 43.4 Å². The number of nitrogens with zero attached hydrogens (tertiary/aromatic N) is 3. The molecule has 26 heavy (non-hydrogen) atoms. The largest absolute Gasteiger partial charge is 0.301 e. The molecule has 0 radical (unpaired) electrons. The first-order valence-electron chi connectivity index (χ1n) is 8.81. The van der Waals surface area contributed by atoms with E-state index in [1.54, 1.807) is 0 Å². The minimum atomic E-state index is -0.642. The van der Waals surface area contributed by atoms with Gasteiger partial charge in [0.1, 0.15) is 5.69 Å². The lowest BCUT2D eigenvalue weighted by Gasteiger charge is -2.32. The van der Waals surface area contributed by atoms with Gasteiger partial charge >= 0.3 is 5.69 Å². The molecule has 4 atom stereocenters. The van der Waals surface area contributed by atoms with E-state index in [0.29, 0.717) is 23.2 Å². The van der Waals surface area contributed by atoms with Crippen LogP contribution in [0.2, 0.25) is 0 Å². The van der Waals surface area contributed by atoms with Crippen LogP contribution in [0.1, 0.15) is 32.6 Å². The van der Waals surface area contributed by atoms with Crippen molar-refractivity contribution in [1.29, 1.82) is 0 Å². The molecule has 1 aromatic rings. The van der Waals surface area contributed by atoms with Gasteiger partial charge in [-0.3, -0.25) is 25.7 Å². The molecule has 0 unspecified atom stereocenters. The highest BCUT2D eigenvalue weighted by Crippen LogP contribution is 2.60. The summed E-state index contributed by atoms with van der Waals surface area (Å²) in [5.74, 6) is 1.59.